The molecule has 2 aromatic heterocycles. The lowest BCUT2D eigenvalue weighted by atomic mass is 10.1. The van der Waals surface area contributed by atoms with E-state index in [0.717, 1.165) is 90.4 Å². The van der Waals surface area contributed by atoms with Crippen LogP contribution in [0.3, 0.4) is 0 Å². The number of morpholine rings is 1. The Bertz CT molecular complexity index is 1330. The number of rotatable bonds is 10. The molecule has 0 atom stereocenters. The van der Waals surface area contributed by atoms with E-state index < -0.39 is 0 Å². The van der Waals surface area contributed by atoms with Crippen molar-refractivity contribution in [3.05, 3.63) is 60.4 Å². The quantitative estimate of drug-likeness (QED) is 0.177. The molecular weight excluding hydrogens is 456 g/mol. The Morgan fingerprint density at radius 1 is 1.06 bits per heavy atom. The van der Waals surface area contributed by atoms with Crippen LogP contribution in [0.5, 0.6) is 5.75 Å². The highest BCUT2D eigenvalue weighted by molar-refractivity contribution is 6.07. The summed E-state index contributed by atoms with van der Waals surface area (Å²) in [7, 11) is 1.65. The molecule has 8 nitrogen and oxygen atoms in total. The SMILES string of the molecule is COc1ccc2c(Nc3ccc(/C(C)=N/OCCCCN4CCOCC4)cc3)c3ccoc3nc2c1. The van der Waals surface area contributed by atoms with Crippen LogP contribution in [0, 0.1) is 0 Å². The van der Waals surface area contributed by atoms with Crippen LogP contribution in [-0.4, -0.2) is 62.2 Å². The fourth-order valence-corrected chi connectivity index (χ4v) is 4.37. The van der Waals surface area contributed by atoms with Crippen LogP contribution in [0.15, 0.2) is 64.4 Å². The van der Waals surface area contributed by atoms with Crippen LogP contribution in [0.4, 0.5) is 11.4 Å². The zero-order valence-corrected chi connectivity index (χ0v) is 20.8. The van der Waals surface area contributed by atoms with Gasteiger partial charge >= 0.3 is 0 Å². The molecule has 1 aliphatic heterocycles. The van der Waals surface area contributed by atoms with Gasteiger partial charge in [0.1, 0.15) is 12.4 Å². The first-order chi connectivity index (χ1) is 17.7. The summed E-state index contributed by atoms with van der Waals surface area (Å²) in [5, 5.41) is 9.78. The molecule has 0 radical (unpaired) electrons. The summed E-state index contributed by atoms with van der Waals surface area (Å²) in [6.07, 6.45) is 3.76. The van der Waals surface area contributed by atoms with Crippen molar-refractivity contribution in [2.45, 2.75) is 19.8 Å². The molecule has 1 saturated heterocycles. The molecule has 1 N–H and O–H groups in total. The van der Waals surface area contributed by atoms with Gasteiger partial charge in [0.15, 0.2) is 0 Å². The Morgan fingerprint density at radius 2 is 1.89 bits per heavy atom. The van der Waals surface area contributed by atoms with Gasteiger partial charge in [-0.05, 0) is 62.2 Å². The van der Waals surface area contributed by atoms with E-state index in [0.29, 0.717) is 12.3 Å². The Balaban J connectivity index is 1.21. The number of pyridine rings is 1. The van der Waals surface area contributed by atoms with Gasteiger partial charge in [-0.3, -0.25) is 4.90 Å². The minimum absolute atomic E-state index is 0.583. The molecule has 4 aromatic rings. The normalized spacial score (nSPS) is 14.9. The molecule has 3 heterocycles. The van der Waals surface area contributed by atoms with E-state index in [4.69, 9.17) is 18.7 Å². The highest BCUT2D eigenvalue weighted by Gasteiger charge is 2.13. The lowest BCUT2D eigenvalue weighted by Crippen LogP contribution is -2.36. The fourth-order valence-electron chi connectivity index (χ4n) is 4.37. The van der Waals surface area contributed by atoms with E-state index in [1.165, 1.54) is 0 Å². The van der Waals surface area contributed by atoms with Crippen molar-refractivity contribution in [1.29, 1.82) is 0 Å². The molecule has 36 heavy (non-hydrogen) atoms. The van der Waals surface area contributed by atoms with Gasteiger partial charge in [0, 0.05) is 30.2 Å². The average Bonchev–Trinajstić information content (AvgIpc) is 3.39. The predicted octanol–water partition coefficient (Wildman–Crippen LogP) is 5.59. The van der Waals surface area contributed by atoms with Crippen LogP contribution >= 0.6 is 0 Å². The average molecular weight is 489 g/mol. The van der Waals surface area contributed by atoms with Gasteiger partial charge in [-0.1, -0.05) is 17.3 Å². The number of furan rings is 1. The van der Waals surface area contributed by atoms with E-state index in [1.807, 2.05) is 55.5 Å². The molecule has 0 amide bonds. The molecule has 8 heteroatoms. The van der Waals surface area contributed by atoms with Gasteiger partial charge < -0.3 is 24.0 Å². The molecule has 0 saturated carbocycles. The number of anilines is 2. The number of benzene rings is 2. The van der Waals surface area contributed by atoms with Crippen LogP contribution in [0.25, 0.3) is 22.0 Å². The number of nitrogens with zero attached hydrogens (tertiary/aromatic N) is 3. The second kappa shape index (κ2) is 11.4. The maximum atomic E-state index is 5.59. The number of hydrogen-bond donors (Lipinski definition) is 1. The first-order valence-electron chi connectivity index (χ1n) is 12.4. The third-order valence-corrected chi connectivity index (χ3v) is 6.45. The van der Waals surface area contributed by atoms with Gasteiger partial charge in [-0.2, -0.15) is 0 Å². The first-order valence-corrected chi connectivity index (χ1v) is 12.4. The third kappa shape index (κ3) is 5.61. The number of fused-ring (bicyclic) bond motifs is 2. The van der Waals surface area contributed by atoms with Gasteiger partial charge in [0.2, 0.25) is 5.71 Å². The van der Waals surface area contributed by atoms with E-state index in [2.05, 4.69) is 20.4 Å². The molecular formula is C28H32N4O4. The number of unbranched alkanes of at least 4 members (excludes halogenated alkanes) is 1. The van der Waals surface area contributed by atoms with Gasteiger partial charge in [-0.15, -0.1) is 0 Å². The maximum Gasteiger partial charge on any atom is 0.228 e. The summed E-state index contributed by atoms with van der Waals surface area (Å²) >= 11 is 0. The minimum atomic E-state index is 0.583. The number of methoxy groups -OCH3 is 1. The van der Waals surface area contributed by atoms with Crippen molar-refractivity contribution < 1.29 is 18.7 Å². The van der Waals surface area contributed by atoms with Gasteiger partial charge in [0.05, 0.1) is 48.9 Å². The second-order valence-electron chi connectivity index (χ2n) is 8.88. The molecule has 0 unspecified atom stereocenters. The summed E-state index contributed by atoms with van der Waals surface area (Å²) in [6.45, 7) is 7.43. The highest BCUT2D eigenvalue weighted by Crippen LogP contribution is 2.35. The van der Waals surface area contributed by atoms with Crippen molar-refractivity contribution in [1.82, 2.24) is 9.88 Å². The van der Waals surface area contributed by atoms with Crippen molar-refractivity contribution in [2.75, 3.05) is 51.9 Å². The molecule has 0 aliphatic carbocycles. The fraction of sp³-hybridized carbons (Fsp3) is 0.357. The Labute approximate surface area is 210 Å². The van der Waals surface area contributed by atoms with Crippen molar-refractivity contribution >= 4 is 39.1 Å². The van der Waals surface area contributed by atoms with Crippen LogP contribution in [-0.2, 0) is 9.57 Å². The maximum absolute atomic E-state index is 5.59. The molecule has 1 aliphatic rings. The molecule has 5 rings (SSSR count). The van der Waals surface area contributed by atoms with Crippen molar-refractivity contribution in [3.8, 4) is 5.75 Å². The standard InChI is InChI=1S/C28H32N4O4/c1-20(31-36-15-4-3-12-32-13-17-34-18-14-32)21-5-7-22(8-6-21)29-27-24-10-9-23(33-2)19-26(24)30-28-25(27)11-16-35-28/h5-11,16,19H,3-4,12-15,17-18H2,1-2H3,(H,29,30)/b31-20+. The van der Waals surface area contributed by atoms with Crippen molar-refractivity contribution in [2.24, 2.45) is 5.16 Å². The largest absolute Gasteiger partial charge is 0.497 e. The number of oxime groups is 1. The molecule has 188 valence electrons. The van der Waals surface area contributed by atoms with Crippen LogP contribution < -0.4 is 10.1 Å². The first kappa shape index (κ1) is 24.1. The molecule has 0 bridgehead atoms. The topological polar surface area (TPSA) is 81.3 Å². The summed E-state index contributed by atoms with van der Waals surface area (Å²) in [5.41, 5.74) is 5.17. The Hall–Kier alpha value is -3.62. The summed E-state index contributed by atoms with van der Waals surface area (Å²) in [5.74, 6) is 0.755. The minimum Gasteiger partial charge on any atom is -0.497 e. The smallest absolute Gasteiger partial charge is 0.228 e. The van der Waals surface area contributed by atoms with E-state index in [-0.39, 0.29) is 0 Å². The number of ether oxygens (including phenoxy) is 2. The number of aromatic nitrogens is 1. The highest BCUT2D eigenvalue weighted by atomic mass is 16.6. The summed E-state index contributed by atoms with van der Waals surface area (Å²) in [6, 6.07) is 16.0. The monoisotopic (exact) mass is 488 g/mol. The van der Waals surface area contributed by atoms with Gasteiger partial charge in [-0.25, -0.2) is 4.98 Å². The zero-order valence-electron chi connectivity index (χ0n) is 20.8. The van der Waals surface area contributed by atoms with E-state index >= 15 is 0 Å². The Kier molecular flexibility index (Phi) is 7.64. The lowest BCUT2D eigenvalue weighted by Gasteiger charge is -2.26. The molecule has 1 fully saturated rings. The van der Waals surface area contributed by atoms with Crippen molar-refractivity contribution in [3.63, 3.8) is 0 Å². The number of hydrogen-bond acceptors (Lipinski definition) is 8. The van der Waals surface area contributed by atoms with E-state index in [9.17, 15) is 0 Å². The van der Waals surface area contributed by atoms with E-state index in [1.54, 1.807) is 13.4 Å². The molecule has 0 spiro atoms. The third-order valence-electron chi connectivity index (χ3n) is 6.45. The lowest BCUT2D eigenvalue weighted by molar-refractivity contribution is 0.0358. The number of nitrogens with one attached hydrogen (secondary N) is 1. The second-order valence-corrected chi connectivity index (χ2v) is 8.88. The summed E-state index contributed by atoms with van der Waals surface area (Å²) in [4.78, 5) is 12.6. The predicted molar refractivity (Wildman–Crippen MR) is 142 cm³/mol. The molecule has 2 aromatic carbocycles. The van der Waals surface area contributed by atoms with Gasteiger partial charge in [0.25, 0.3) is 0 Å². The van der Waals surface area contributed by atoms with Crippen LogP contribution in [0.1, 0.15) is 25.3 Å². The zero-order chi connectivity index (χ0) is 24.7. The van der Waals surface area contributed by atoms with Crippen LogP contribution in [0.2, 0.25) is 0 Å². The summed E-state index contributed by atoms with van der Waals surface area (Å²) < 4.78 is 16.3. The Morgan fingerprint density at radius 3 is 2.69 bits per heavy atom.